The highest BCUT2D eigenvalue weighted by molar-refractivity contribution is 9.10. The number of anilines is 1. The molecule has 2 aromatic rings. The van der Waals surface area contributed by atoms with Crippen LogP contribution in [0.4, 0.5) is 10.5 Å². The second kappa shape index (κ2) is 8.04. The molecule has 28 heavy (non-hydrogen) atoms. The van der Waals surface area contributed by atoms with Crippen molar-refractivity contribution in [3.63, 3.8) is 0 Å². The summed E-state index contributed by atoms with van der Waals surface area (Å²) in [7, 11) is 0. The van der Waals surface area contributed by atoms with Gasteiger partial charge in [0.25, 0.3) is 5.91 Å². The Morgan fingerprint density at radius 2 is 2.07 bits per heavy atom. The van der Waals surface area contributed by atoms with E-state index in [1.807, 2.05) is 13.0 Å². The number of imide groups is 1. The maximum absolute atomic E-state index is 12.5. The molecule has 0 spiro atoms. The zero-order valence-corrected chi connectivity index (χ0v) is 17.0. The van der Waals surface area contributed by atoms with Gasteiger partial charge in [-0.25, -0.2) is 9.69 Å². The minimum Gasteiger partial charge on any atom is -0.506 e. The number of nitrogens with zero attached hydrogens (tertiary/aromatic N) is 1. The predicted octanol–water partition coefficient (Wildman–Crippen LogP) is 3.65. The van der Waals surface area contributed by atoms with E-state index >= 15 is 0 Å². The molecule has 1 heterocycles. The smallest absolute Gasteiger partial charge is 0.329 e. The van der Waals surface area contributed by atoms with Crippen molar-refractivity contribution in [1.29, 1.82) is 0 Å². The first-order chi connectivity index (χ1) is 13.2. The highest BCUT2D eigenvalue weighted by Gasteiger charge is 2.35. The van der Waals surface area contributed by atoms with Crippen LogP contribution in [0.25, 0.3) is 6.08 Å². The number of hydrogen-bond donors (Lipinski definition) is 3. The number of phenolic OH excluding ortho intramolecular Hbond substituents is 1. The summed E-state index contributed by atoms with van der Waals surface area (Å²) in [6.07, 6.45) is 1.30. The van der Waals surface area contributed by atoms with Crippen LogP contribution in [0.2, 0.25) is 5.02 Å². The number of carbonyl (C=O) groups excluding carboxylic acids is 3. The number of phenols is 1. The minimum atomic E-state index is -0.726. The third kappa shape index (κ3) is 4.35. The standard InChI is InChI=1S/C19H15BrClN3O4/c1-10-3-2-4-13(5-10)22-16(25)9-24-18(27)15(23-19(24)28)7-11-6-12(20)8-14(21)17(11)26/h2-8,26H,9H2,1H3,(H,22,25)(H,23,28)/b15-7-. The molecule has 0 aromatic heterocycles. The Bertz CT molecular complexity index is 1020. The molecule has 0 bridgehead atoms. The number of nitrogens with one attached hydrogen (secondary N) is 2. The first-order valence-electron chi connectivity index (χ1n) is 8.13. The van der Waals surface area contributed by atoms with Crippen LogP contribution in [0.3, 0.4) is 0 Å². The lowest BCUT2D eigenvalue weighted by Gasteiger charge is -2.12. The zero-order valence-electron chi connectivity index (χ0n) is 14.6. The van der Waals surface area contributed by atoms with Crippen LogP contribution < -0.4 is 10.6 Å². The summed E-state index contributed by atoms with van der Waals surface area (Å²) in [4.78, 5) is 37.6. The molecule has 4 amide bonds. The van der Waals surface area contributed by atoms with Crippen LogP contribution in [0.5, 0.6) is 5.75 Å². The molecule has 1 fully saturated rings. The first kappa shape index (κ1) is 19.9. The van der Waals surface area contributed by atoms with Gasteiger partial charge in [0.15, 0.2) is 0 Å². The van der Waals surface area contributed by atoms with Crippen molar-refractivity contribution in [2.75, 3.05) is 11.9 Å². The molecular formula is C19H15BrClN3O4. The van der Waals surface area contributed by atoms with Gasteiger partial charge in [0, 0.05) is 15.7 Å². The molecule has 0 saturated carbocycles. The summed E-state index contributed by atoms with van der Waals surface area (Å²) in [5.41, 5.74) is 1.71. The molecule has 3 N–H and O–H groups in total. The summed E-state index contributed by atoms with van der Waals surface area (Å²) in [6.45, 7) is 1.44. The minimum absolute atomic E-state index is 0.0715. The Morgan fingerprint density at radius 1 is 1.32 bits per heavy atom. The van der Waals surface area contributed by atoms with Crippen LogP contribution in [0, 0.1) is 6.92 Å². The van der Waals surface area contributed by atoms with Crippen LogP contribution in [0.1, 0.15) is 11.1 Å². The third-order valence-corrected chi connectivity index (χ3v) is 4.67. The number of carbonyl (C=O) groups is 3. The number of aryl methyl sites for hydroxylation is 1. The zero-order chi connectivity index (χ0) is 20.4. The van der Waals surface area contributed by atoms with E-state index in [4.69, 9.17) is 11.6 Å². The Kier molecular flexibility index (Phi) is 5.71. The van der Waals surface area contributed by atoms with E-state index in [-0.39, 0.29) is 22.0 Å². The Labute approximate surface area is 174 Å². The fraction of sp³-hybridized carbons (Fsp3) is 0.105. The quantitative estimate of drug-likeness (QED) is 0.475. The van der Waals surface area contributed by atoms with E-state index in [1.54, 1.807) is 24.3 Å². The lowest BCUT2D eigenvalue weighted by atomic mass is 10.1. The van der Waals surface area contributed by atoms with E-state index in [1.165, 1.54) is 12.1 Å². The SMILES string of the molecule is Cc1cccc(NC(=O)CN2C(=O)N/C(=C\c3cc(Br)cc(Cl)c3O)C2=O)c1. The molecular weight excluding hydrogens is 450 g/mol. The van der Waals surface area contributed by atoms with E-state index < -0.39 is 24.4 Å². The Morgan fingerprint density at radius 3 is 2.79 bits per heavy atom. The largest absolute Gasteiger partial charge is 0.506 e. The highest BCUT2D eigenvalue weighted by atomic mass is 79.9. The third-order valence-electron chi connectivity index (χ3n) is 3.92. The maximum atomic E-state index is 12.5. The van der Waals surface area contributed by atoms with Crippen molar-refractivity contribution in [1.82, 2.24) is 10.2 Å². The Hall–Kier alpha value is -2.84. The van der Waals surface area contributed by atoms with Gasteiger partial charge in [-0.05, 0) is 42.8 Å². The van der Waals surface area contributed by atoms with Crippen LogP contribution in [-0.4, -0.2) is 34.4 Å². The molecule has 2 aromatic carbocycles. The van der Waals surface area contributed by atoms with Gasteiger partial charge in [-0.15, -0.1) is 0 Å². The molecule has 7 nitrogen and oxygen atoms in total. The molecule has 0 unspecified atom stereocenters. The lowest BCUT2D eigenvalue weighted by molar-refractivity contribution is -0.127. The first-order valence-corrected chi connectivity index (χ1v) is 9.31. The summed E-state index contributed by atoms with van der Waals surface area (Å²) in [5, 5.41) is 15.2. The van der Waals surface area contributed by atoms with Crippen molar-refractivity contribution in [3.05, 3.63) is 62.7 Å². The topological polar surface area (TPSA) is 98.7 Å². The molecule has 0 aliphatic carbocycles. The summed E-state index contributed by atoms with van der Waals surface area (Å²) < 4.78 is 0.591. The number of rotatable bonds is 4. The van der Waals surface area contributed by atoms with Gasteiger partial charge in [0.2, 0.25) is 5.91 Å². The van der Waals surface area contributed by atoms with Crippen LogP contribution in [-0.2, 0) is 9.59 Å². The van der Waals surface area contributed by atoms with Crippen molar-refractivity contribution in [2.24, 2.45) is 0 Å². The Balaban J connectivity index is 1.76. The normalized spacial score (nSPS) is 15.1. The van der Waals surface area contributed by atoms with Crippen molar-refractivity contribution < 1.29 is 19.5 Å². The van der Waals surface area contributed by atoms with Gasteiger partial charge in [-0.3, -0.25) is 9.59 Å². The average molecular weight is 465 g/mol. The number of urea groups is 1. The molecule has 0 radical (unpaired) electrons. The van der Waals surface area contributed by atoms with Gasteiger partial charge in [0.05, 0.1) is 5.02 Å². The van der Waals surface area contributed by atoms with Gasteiger partial charge >= 0.3 is 6.03 Å². The second-order valence-corrected chi connectivity index (χ2v) is 7.45. The van der Waals surface area contributed by atoms with Crippen molar-refractivity contribution >= 4 is 57.1 Å². The van der Waals surface area contributed by atoms with Crippen molar-refractivity contribution in [2.45, 2.75) is 6.92 Å². The number of aromatic hydroxyl groups is 1. The number of hydrogen-bond acceptors (Lipinski definition) is 4. The highest BCUT2D eigenvalue weighted by Crippen LogP contribution is 2.33. The van der Waals surface area contributed by atoms with Crippen molar-refractivity contribution in [3.8, 4) is 5.75 Å². The molecule has 1 aliphatic heterocycles. The van der Waals surface area contributed by atoms with E-state index in [0.29, 0.717) is 10.2 Å². The number of amides is 4. The molecule has 144 valence electrons. The fourth-order valence-electron chi connectivity index (χ4n) is 2.63. The van der Waals surface area contributed by atoms with E-state index in [9.17, 15) is 19.5 Å². The average Bonchev–Trinajstić information content (AvgIpc) is 2.86. The van der Waals surface area contributed by atoms with Crippen LogP contribution >= 0.6 is 27.5 Å². The van der Waals surface area contributed by atoms with Gasteiger partial charge < -0.3 is 15.7 Å². The number of benzene rings is 2. The summed E-state index contributed by atoms with van der Waals surface area (Å²) in [6, 6.07) is 9.47. The fourth-order valence-corrected chi connectivity index (χ4v) is 3.47. The van der Waals surface area contributed by atoms with Gasteiger partial charge in [0.1, 0.15) is 18.0 Å². The molecule has 3 rings (SSSR count). The molecule has 1 saturated heterocycles. The monoisotopic (exact) mass is 463 g/mol. The van der Waals surface area contributed by atoms with E-state index in [0.717, 1.165) is 10.5 Å². The molecule has 1 aliphatic rings. The van der Waals surface area contributed by atoms with Gasteiger partial charge in [-0.2, -0.15) is 0 Å². The van der Waals surface area contributed by atoms with E-state index in [2.05, 4.69) is 26.6 Å². The molecule has 9 heteroatoms. The second-order valence-electron chi connectivity index (χ2n) is 6.12. The van der Waals surface area contributed by atoms with Crippen LogP contribution in [0.15, 0.2) is 46.6 Å². The van der Waals surface area contributed by atoms with Gasteiger partial charge in [-0.1, -0.05) is 39.7 Å². The number of halogens is 2. The molecule has 0 atom stereocenters. The summed E-state index contributed by atoms with van der Waals surface area (Å²) >= 11 is 9.15. The summed E-state index contributed by atoms with van der Waals surface area (Å²) in [5.74, 6) is -1.42. The predicted molar refractivity (Wildman–Crippen MR) is 109 cm³/mol. The maximum Gasteiger partial charge on any atom is 0.329 e. The lowest BCUT2D eigenvalue weighted by Crippen LogP contribution is -2.38.